The van der Waals surface area contributed by atoms with Gasteiger partial charge in [0.1, 0.15) is 4.88 Å². The van der Waals surface area contributed by atoms with Crippen LogP contribution in [0.5, 0.6) is 0 Å². The summed E-state index contributed by atoms with van der Waals surface area (Å²) < 4.78 is 0.773. The minimum atomic E-state index is -1.01. The molecule has 6 heteroatoms. The summed E-state index contributed by atoms with van der Waals surface area (Å²) in [7, 11) is 0. The molecule has 1 aromatic heterocycles. The summed E-state index contributed by atoms with van der Waals surface area (Å²) >= 11 is 10.9. The van der Waals surface area contributed by atoms with Crippen molar-refractivity contribution in [3.05, 3.63) is 38.1 Å². The van der Waals surface area contributed by atoms with E-state index in [2.05, 4.69) is 15.9 Å². The standard InChI is InChI=1S/C14H13BrClNO2S/c1-6(2)9-11(17)13(14(18)19)20-12(9)7-4-3-5-8(15)10(7)16/h3-6H,17H2,1-2H3,(H,18,19). The molecule has 2 rings (SSSR count). The summed E-state index contributed by atoms with van der Waals surface area (Å²) in [6, 6.07) is 5.58. The second-order valence-electron chi connectivity index (χ2n) is 4.65. The van der Waals surface area contributed by atoms with Gasteiger partial charge < -0.3 is 10.8 Å². The second kappa shape index (κ2) is 5.76. The summed E-state index contributed by atoms with van der Waals surface area (Å²) in [5, 5.41) is 9.81. The summed E-state index contributed by atoms with van der Waals surface area (Å²) in [5.74, 6) is -0.892. The van der Waals surface area contributed by atoms with Crippen molar-refractivity contribution in [1.82, 2.24) is 0 Å². The molecule has 0 atom stereocenters. The van der Waals surface area contributed by atoms with Crippen molar-refractivity contribution in [2.24, 2.45) is 0 Å². The number of carbonyl (C=O) groups is 1. The van der Waals surface area contributed by atoms with Crippen LogP contribution in [0.25, 0.3) is 10.4 Å². The van der Waals surface area contributed by atoms with Gasteiger partial charge in [0.2, 0.25) is 0 Å². The van der Waals surface area contributed by atoms with Crippen molar-refractivity contribution in [3.8, 4) is 10.4 Å². The Morgan fingerprint density at radius 1 is 1.45 bits per heavy atom. The maximum Gasteiger partial charge on any atom is 0.348 e. The number of benzene rings is 1. The number of aromatic carboxylic acids is 1. The van der Waals surface area contributed by atoms with E-state index < -0.39 is 5.97 Å². The highest BCUT2D eigenvalue weighted by atomic mass is 79.9. The summed E-state index contributed by atoms with van der Waals surface area (Å²) in [4.78, 5) is 12.3. The Morgan fingerprint density at radius 2 is 2.10 bits per heavy atom. The smallest absolute Gasteiger partial charge is 0.348 e. The number of carboxylic acid groups (broad SMARTS) is 1. The third-order valence-electron chi connectivity index (χ3n) is 2.95. The van der Waals surface area contributed by atoms with Gasteiger partial charge in [-0.1, -0.05) is 37.6 Å². The van der Waals surface area contributed by atoms with Gasteiger partial charge in [0, 0.05) is 14.9 Å². The molecular formula is C14H13BrClNO2S. The first-order chi connectivity index (χ1) is 9.34. The van der Waals surface area contributed by atoms with E-state index >= 15 is 0 Å². The van der Waals surface area contributed by atoms with Crippen molar-refractivity contribution in [2.75, 3.05) is 5.73 Å². The number of halogens is 2. The minimum Gasteiger partial charge on any atom is -0.477 e. The Morgan fingerprint density at radius 3 is 2.65 bits per heavy atom. The van der Waals surface area contributed by atoms with E-state index in [0.717, 1.165) is 20.5 Å². The molecule has 0 spiro atoms. The molecule has 0 fully saturated rings. The zero-order valence-electron chi connectivity index (χ0n) is 10.9. The first-order valence-corrected chi connectivity index (χ1v) is 7.93. The molecule has 0 saturated heterocycles. The molecule has 20 heavy (non-hydrogen) atoms. The summed E-state index contributed by atoms with van der Waals surface area (Å²) in [6.07, 6.45) is 0. The van der Waals surface area contributed by atoms with Gasteiger partial charge in [-0.15, -0.1) is 11.3 Å². The van der Waals surface area contributed by atoms with E-state index in [0.29, 0.717) is 10.7 Å². The van der Waals surface area contributed by atoms with Crippen molar-refractivity contribution in [3.63, 3.8) is 0 Å². The second-order valence-corrected chi connectivity index (χ2v) is 6.90. The molecule has 3 nitrogen and oxygen atoms in total. The maximum atomic E-state index is 11.3. The van der Waals surface area contributed by atoms with Crippen LogP contribution in [-0.2, 0) is 0 Å². The van der Waals surface area contributed by atoms with Crippen molar-refractivity contribution in [2.45, 2.75) is 19.8 Å². The average Bonchev–Trinajstić information content (AvgIpc) is 2.70. The van der Waals surface area contributed by atoms with Crippen LogP contribution in [0.4, 0.5) is 5.69 Å². The topological polar surface area (TPSA) is 63.3 Å². The number of carboxylic acids is 1. The maximum absolute atomic E-state index is 11.3. The number of nitrogens with two attached hydrogens (primary N) is 1. The fourth-order valence-corrected chi connectivity index (χ4v) is 3.96. The van der Waals surface area contributed by atoms with E-state index in [1.54, 1.807) is 0 Å². The molecule has 0 amide bonds. The lowest BCUT2D eigenvalue weighted by atomic mass is 9.98. The number of rotatable bonds is 3. The zero-order chi connectivity index (χ0) is 15.0. The van der Waals surface area contributed by atoms with Crippen LogP contribution in [0, 0.1) is 0 Å². The lowest BCUT2D eigenvalue weighted by Crippen LogP contribution is -2.00. The highest BCUT2D eigenvalue weighted by Gasteiger charge is 2.24. The Balaban J connectivity index is 2.76. The molecule has 0 radical (unpaired) electrons. The van der Waals surface area contributed by atoms with Gasteiger partial charge in [-0.2, -0.15) is 0 Å². The summed E-state index contributed by atoms with van der Waals surface area (Å²) in [5.41, 5.74) is 7.98. The minimum absolute atomic E-state index is 0.115. The highest BCUT2D eigenvalue weighted by Crippen LogP contribution is 2.46. The molecule has 1 heterocycles. The van der Waals surface area contributed by atoms with E-state index in [4.69, 9.17) is 17.3 Å². The fourth-order valence-electron chi connectivity index (χ4n) is 2.07. The highest BCUT2D eigenvalue weighted by molar-refractivity contribution is 9.10. The van der Waals surface area contributed by atoms with E-state index in [1.165, 1.54) is 11.3 Å². The Hall–Kier alpha value is -1.04. The van der Waals surface area contributed by atoms with Gasteiger partial charge in [0.15, 0.2) is 0 Å². The largest absolute Gasteiger partial charge is 0.477 e. The fraction of sp³-hybridized carbons (Fsp3) is 0.214. The lowest BCUT2D eigenvalue weighted by molar-refractivity contribution is 0.0703. The molecule has 0 aliphatic heterocycles. The Bertz CT molecular complexity index is 682. The number of thiophene rings is 1. The number of hydrogen-bond acceptors (Lipinski definition) is 3. The van der Waals surface area contributed by atoms with Gasteiger partial charge in [0.25, 0.3) is 0 Å². The lowest BCUT2D eigenvalue weighted by Gasteiger charge is -2.10. The Kier molecular flexibility index (Phi) is 4.42. The average molecular weight is 375 g/mol. The molecule has 0 unspecified atom stereocenters. The normalized spacial score (nSPS) is 11.1. The third-order valence-corrected chi connectivity index (χ3v) is 5.49. The van der Waals surface area contributed by atoms with Gasteiger partial charge in [-0.3, -0.25) is 0 Å². The van der Waals surface area contributed by atoms with Gasteiger partial charge in [-0.05, 0) is 33.5 Å². The molecule has 0 aliphatic carbocycles. The van der Waals surface area contributed by atoms with Gasteiger partial charge >= 0.3 is 5.97 Å². The first kappa shape index (κ1) is 15.4. The van der Waals surface area contributed by atoms with Crippen LogP contribution in [-0.4, -0.2) is 11.1 Å². The monoisotopic (exact) mass is 373 g/mol. The van der Waals surface area contributed by atoms with Crippen LogP contribution in [0.15, 0.2) is 22.7 Å². The molecule has 0 bridgehead atoms. The molecular weight excluding hydrogens is 362 g/mol. The number of anilines is 1. The molecule has 1 aromatic carbocycles. The Labute approximate surface area is 134 Å². The molecule has 3 N–H and O–H groups in total. The van der Waals surface area contributed by atoms with Crippen LogP contribution < -0.4 is 5.73 Å². The van der Waals surface area contributed by atoms with Gasteiger partial charge in [0.05, 0.1) is 10.7 Å². The first-order valence-electron chi connectivity index (χ1n) is 5.94. The molecule has 0 aliphatic rings. The van der Waals surface area contributed by atoms with Crippen molar-refractivity contribution in [1.29, 1.82) is 0 Å². The van der Waals surface area contributed by atoms with Gasteiger partial charge in [-0.25, -0.2) is 4.79 Å². The van der Waals surface area contributed by atoms with E-state index in [9.17, 15) is 9.90 Å². The molecule has 2 aromatic rings. The molecule has 106 valence electrons. The predicted molar refractivity (Wildman–Crippen MR) is 87.9 cm³/mol. The summed E-state index contributed by atoms with van der Waals surface area (Å²) in [6.45, 7) is 3.97. The SMILES string of the molecule is CC(C)c1c(-c2cccc(Br)c2Cl)sc(C(=O)O)c1N. The quantitative estimate of drug-likeness (QED) is 0.772. The zero-order valence-corrected chi connectivity index (χ0v) is 14.1. The third kappa shape index (κ3) is 2.57. The number of hydrogen-bond donors (Lipinski definition) is 2. The van der Waals surface area contributed by atoms with E-state index in [-0.39, 0.29) is 10.8 Å². The van der Waals surface area contributed by atoms with Crippen LogP contribution in [0.3, 0.4) is 0 Å². The van der Waals surface area contributed by atoms with Crippen molar-refractivity contribution < 1.29 is 9.90 Å². The van der Waals surface area contributed by atoms with Crippen LogP contribution in [0.1, 0.15) is 35.0 Å². The van der Waals surface area contributed by atoms with Crippen LogP contribution in [0.2, 0.25) is 5.02 Å². The van der Waals surface area contributed by atoms with E-state index in [1.807, 2.05) is 32.0 Å². The number of nitrogen functional groups attached to an aromatic ring is 1. The van der Waals surface area contributed by atoms with Crippen LogP contribution >= 0.6 is 38.9 Å². The van der Waals surface area contributed by atoms with Crippen molar-refractivity contribution >= 4 is 50.5 Å². The predicted octanol–water partition coefficient (Wildman–Crippen LogP) is 5.23. The molecule has 0 saturated carbocycles.